The highest BCUT2D eigenvalue weighted by atomic mass is 28.4. The molecule has 0 radical (unpaired) electrons. The molecule has 0 unspecified atom stereocenters. The van der Waals surface area contributed by atoms with E-state index in [1.807, 2.05) is 0 Å². The minimum Gasteiger partial charge on any atom is -0.417 e. The van der Waals surface area contributed by atoms with Gasteiger partial charge in [-0.2, -0.15) is 0 Å². The Morgan fingerprint density at radius 2 is 1.43 bits per heavy atom. The van der Waals surface area contributed by atoms with E-state index in [1.54, 1.807) is 0 Å². The van der Waals surface area contributed by atoms with Gasteiger partial charge in [-0.3, -0.25) is 0 Å². The van der Waals surface area contributed by atoms with Crippen LogP contribution in [0.4, 0.5) is 0 Å². The van der Waals surface area contributed by atoms with Crippen molar-refractivity contribution in [3.8, 4) is 0 Å². The molecule has 2 aliphatic carbocycles. The molecule has 0 aromatic carbocycles. The van der Waals surface area contributed by atoms with Crippen LogP contribution in [0.25, 0.3) is 10.4 Å². The molecular weight excluding hydrogens is 393 g/mol. The Balaban J connectivity index is 1.72. The smallest absolute Gasteiger partial charge is 0.417 e. The summed E-state index contributed by atoms with van der Waals surface area (Å²) in [6, 6.07) is 0. The lowest BCUT2D eigenvalue weighted by Gasteiger charge is -2.37. The van der Waals surface area contributed by atoms with Crippen molar-refractivity contribution in [3.63, 3.8) is 0 Å². The van der Waals surface area contributed by atoms with Gasteiger partial charge in [-0.25, -0.2) is 0 Å². The van der Waals surface area contributed by atoms with Crippen molar-refractivity contribution in [2.75, 3.05) is 6.61 Å². The third-order valence-electron chi connectivity index (χ3n) is 8.07. The molecule has 3 fully saturated rings. The fraction of sp³-hybridized carbons (Fsp3) is 1.00. The van der Waals surface area contributed by atoms with Gasteiger partial charge >= 0.3 is 7.12 Å². The SMILES string of the molecule is CC(C)(C)[Si](C)(C)OC[C@@H](N=[N+]=[N-])B1O[C@@H](C2CCCCC2)[C@H](C2CCCCC2)O1. The van der Waals surface area contributed by atoms with E-state index in [4.69, 9.17) is 13.7 Å². The Hall–Kier alpha value is -0.528. The molecule has 1 saturated heterocycles. The number of azide groups is 1. The summed E-state index contributed by atoms with van der Waals surface area (Å²) in [7, 11) is -2.42. The van der Waals surface area contributed by atoms with Crippen LogP contribution in [0.3, 0.4) is 0 Å². The predicted octanol–water partition coefficient (Wildman–Crippen LogP) is 6.66. The summed E-state index contributed by atoms with van der Waals surface area (Å²) >= 11 is 0. The molecular formula is C22H42BN3O3Si. The molecule has 1 aliphatic heterocycles. The Morgan fingerprint density at radius 3 is 1.83 bits per heavy atom. The van der Waals surface area contributed by atoms with Crippen molar-refractivity contribution in [1.29, 1.82) is 0 Å². The van der Waals surface area contributed by atoms with Crippen LogP contribution in [0, 0.1) is 11.8 Å². The van der Waals surface area contributed by atoms with Gasteiger partial charge in [0.2, 0.25) is 0 Å². The average molecular weight is 435 g/mol. The summed E-state index contributed by atoms with van der Waals surface area (Å²) in [4.78, 5) is 3.12. The standard InChI is InChI=1S/C22H42BN3O3Si/c1-22(2,3)30(4,5)27-16-19(25-26-24)23-28-20(17-12-8-6-9-13-17)21(29-23)18-14-10-7-11-15-18/h17-21H,6-16H2,1-5H3/t19-,20+,21+/m1/s1. The maximum Gasteiger partial charge on any atom is 0.469 e. The van der Waals surface area contributed by atoms with Gasteiger partial charge < -0.3 is 13.7 Å². The van der Waals surface area contributed by atoms with E-state index >= 15 is 0 Å². The van der Waals surface area contributed by atoms with Crippen LogP contribution < -0.4 is 0 Å². The van der Waals surface area contributed by atoms with Crippen molar-refractivity contribution in [3.05, 3.63) is 10.4 Å². The van der Waals surface area contributed by atoms with Gasteiger partial charge in [-0.15, -0.1) is 0 Å². The summed E-state index contributed by atoms with van der Waals surface area (Å²) in [5.41, 5.74) is 9.22. The van der Waals surface area contributed by atoms with Crippen molar-refractivity contribution in [2.45, 2.75) is 121 Å². The van der Waals surface area contributed by atoms with Crippen molar-refractivity contribution < 1.29 is 13.7 Å². The summed E-state index contributed by atoms with van der Waals surface area (Å²) < 4.78 is 19.6. The number of hydrogen-bond acceptors (Lipinski definition) is 4. The number of rotatable bonds is 7. The largest absolute Gasteiger partial charge is 0.469 e. The summed E-state index contributed by atoms with van der Waals surface area (Å²) in [6.45, 7) is 11.5. The minimum absolute atomic E-state index is 0.112. The van der Waals surface area contributed by atoms with E-state index in [0.717, 1.165) is 0 Å². The zero-order valence-electron chi connectivity index (χ0n) is 19.8. The lowest BCUT2D eigenvalue weighted by molar-refractivity contribution is 0.0324. The molecule has 0 amide bonds. The summed E-state index contributed by atoms with van der Waals surface area (Å²) in [5.74, 6) is 0.719. The highest BCUT2D eigenvalue weighted by Gasteiger charge is 2.50. The van der Waals surface area contributed by atoms with Crippen LogP contribution in [0.15, 0.2) is 5.11 Å². The predicted molar refractivity (Wildman–Crippen MR) is 125 cm³/mol. The highest BCUT2D eigenvalue weighted by molar-refractivity contribution is 6.74. The van der Waals surface area contributed by atoms with Gasteiger partial charge in [-0.05, 0) is 61.2 Å². The second-order valence-corrected chi connectivity index (χ2v) is 16.0. The Kier molecular flexibility index (Phi) is 8.36. The molecule has 0 aromatic heterocycles. The van der Waals surface area contributed by atoms with Crippen LogP contribution in [0.1, 0.15) is 85.0 Å². The lowest BCUT2D eigenvalue weighted by Crippen LogP contribution is -2.45. The van der Waals surface area contributed by atoms with Crippen LogP contribution in [0.2, 0.25) is 18.1 Å². The van der Waals surface area contributed by atoms with Crippen LogP contribution in [0.5, 0.6) is 0 Å². The van der Waals surface area contributed by atoms with Crippen molar-refractivity contribution in [1.82, 2.24) is 0 Å². The van der Waals surface area contributed by atoms with E-state index in [9.17, 15) is 5.53 Å². The minimum atomic E-state index is -1.94. The Morgan fingerprint density at radius 1 is 0.967 bits per heavy atom. The normalized spacial score (nSPS) is 28.4. The highest BCUT2D eigenvalue weighted by Crippen LogP contribution is 2.41. The monoisotopic (exact) mass is 435 g/mol. The first kappa shape index (κ1) is 24.1. The second kappa shape index (κ2) is 10.4. The lowest BCUT2D eigenvalue weighted by atomic mass is 9.77. The van der Waals surface area contributed by atoms with E-state index in [1.165, 1.54) is 64.2 Å². The van der Waals surface area contributed by atoms with E-state index < -0.39 is 21.4 Å². The number of nitrogens with zero attached hydrogens (tertiary/aromatic N) is 3. The topological polar surface area (TPSA) is 76.5 Å². The molecule has 0 N–H and O–H groups in total. The molecule has 30 heavy (non-hydrogen) atoms. The summed E-state index contributed by atoms with van der Waals surface area (Å²) in [6.07, 6.45) is 13.1. The Labute approximate surface area is 184 Å². The van der Waals surface area contributed by atoms with Gasteiger partial charge in [0, 0.05) is 11.5 Å². The van der Waals surface area contributed by atoms with Gasteiger partial charge in [0.15, 0.2) is 8.32 Å². The third kappa shape index (κ3) is 5.83. The molecule has 8 heteroatoms. The molecule has 0 bridgehead atoms. The third-order valence-corrected chi connectivity index (χ3v) is 12.6. The van der Waals surface area contributed by atoms with Gasteiger partial charge in [0.25, 0.3) is 0 Å². The van der Waals surface area contributed by atoms with E-state index in [0.29, 0.717) is 18.4 Å². The molecule has 0 aromatic rings. The second-order valence-electron chi connectivity index (χ2n) is 11.2. The van der Waals surface area contributed by atoms with Crippen LogP contribution >= 0.6 is 0 Å². The van der Waals surface area contributed by atoms with Gasteiger partial charge in [0.1, 0.15) is 0 Å². The molecule has 3 rings (SSSR count). The molecule has 6 nitrogen and oxygen atoms in total. The van der Waals surface area contributed by atoms with Crippen LogP contribution in [-0.2, 0) is 13.7 Å². The zero-order valence-corrected chi connectivity index (χ0v) is 20.8. The van der Waals surface area contributed by atoms with Crippen molar-refractivity contribution in [2.24, 2.45) is 17.0 Å². The van der Waals surface area contributed by atoms with E-state index in [-0.39, 0.29) is 17.2 Å². The van der Waals surface area contributed by atoms with Crippen LogP contribution in [-0.4, -0.2) is 40.2 Å². The fourth-order valence-corrected chi connectivity index (χ4v) is 6.13. The fourth-order valence-electron chi connectivity index (χ4n) is 5.11. The first-order valence-corrected chi connectivity index (χ1v) is 15.1. The van der Waals surface area contributed by atoms with E-state index in [2.05, 4.69) is 43.9 Å². The van der Waals surface area contributed by atoms with Crippen molar-refractivity contribution >= 4 is 15.4 Å². The van der Waals surface area contributed by atoms with Gasteiger partial charge in [-0.1, -0.05) is 64.4 Å². The quantitative estimate of drug-likeness (QED) is 0.194. The molecule has 0 spiro atoms. The Bertz CT molecular complexity index is 571. The maximum absolute atomic E-state index is 9.22. The maximum atomic E-state index is 9.22. The molecule has 2 saturated carbocycles. The first-order valence-electron chi connectivity index (χ1n) is 12.2. The molecule has 170 valence electrons. The van der Waals surface area contributed by atoms with Gasteiger partial charge in [0.05, 0.1) is 18.1 Å². The number of hydrogen-bond donors (Lipinski definition) is 0. The summed E-state index contributed by atoms with van der Waals surface area (Å²) in [5, 5.41) is 4.19. The molecule has 1 heterocycles. The zero-order chi connectivity index (χ0) is 21.8. The average Bonchev–Trinajstić information content (AvgIpc) is 3.17. The molecule has 3 aliphatic rings. The first-order chi connectivity index (χ1) is 14.2. The molecule has 3 atom stereocenters.